The molecule has 3 amide bonds. The van der Waals surface area contributed by atoms with Gasteiger partial charge in [-0.1, -0.05) is 35.4 Å². The number of nitrogens with zero attached hydrogens (tertiary/aromatic N) is 1. The Bertz CT molecular complexity index is 980. The molecular formula is C24H24Cl2N2O3. The number of likely N-dealkylation sites (tertiary alicyclic amines) is 1. The van der Waals surface area contributed by atoms with Gasteiger partial charge in [0.05, 0.1) is 21.9 Å². The lowest BCUT2D eigenvalue weighted by Gasteiger charge is -2.37. The van der Waals surface area contributed by atoms with Crippen molar-refractivity contribution in [1.29, 1.82) is 0 Å². The van der Waals surface area contributed by atoms with Gasteiger partial charge in [0.2, 0.25) is 17.7 Å². The van der Waals surface area contributed by atoms with Crippen molar-refractivity contribution in [3.8, 4) is 0 Å². The lowest BCUT2D eigenvalue weighted by Crippen LogP contribution is -2.44. The molecule has 7 rings (SSSR count). The van der Waals surface area contributed by atoms with E-state index < -0.39 is 0 Å². The van der Waals surface area contributed by atoms with Crippen LogP contribution in [0.3, 0.4) is 0 Å². The predicted molar refractivity (Wildman–Crippen MR) is 117 cm³/mol. The number of carbonyl (C=O) groups is 3. The summed E-state index contributed by atoms with van der Waals surface area (Å²) in [7, 11) is 0. The average Bonchev–Trinajstić information content (AvgIpc) is 3.54. The van der Waals surface area contributed by atoms with Gasteiger partial charge in [0.15, 0.2) is 0 Å². The first-order chi connectivity index (χ1) is 14.9. The van der Waals surface area contributed by atoms with Crippen LogP contribution in [0.4, 0.5) is 5.69 Å². The number of benzene rings is 1. The quantitative estimate of drug-likeness (QED) is 0.533. The summed E-state index contributed by atoms with van der Waals surface area (Å²) in [6, 6.07) is 4.96. The van der Waals surface area contributed by atoms with Crippen LogP contribution in [0, 0.1) is 41.4 Å². The van der Waals surface area contributed by atoms with Gasteiger partial charge >= 0.3 is 0 Å². The minimum atomic E-state index is -0.137. The second kappa shape index (κ2) is 7.08. The first kappa shape index (κ1) is 19.8. The van der Waals surface area contributed by atoms with Crippen LogP contribution in [0.1, 0.15) is 32.1 Å². The molecule has 0 spiro atoms. The largest absolute Gasteiger partial charge is 0.326 e. The zero-order chi connectivity index (χ0) is 21.4. The maximum atomic E-state index is 13.3. The molecule has 4 fully saturated rings. The standard InChI is InChI=1S/C24H24Cl2N2O3/c25-18-8-3-12(9-19(18)26)27-22(29)11-1-4-13(5-2-11)28-23(30)20-14-6-7-15(17-10-16(14)17)21(20)24(28)31/h3,6-9,11,13-17,20-21H,1-2,4-5,10H2,(H,27,29)/t11?,13?,14-,15-,16-,17+,20+,21+/m0/s1. The minimum absolute atomic E-state index is 0.0448. The molecule has 5 nitrogen and oxygen atoms in total. The van der Waals surface area contributed by atoms with Crippen LogP contribution >= 0.6 is 23.2 Å². The summed E-state index contributed by atoms with van der Waals surface area (Å²) in [6.45, 7) is 0. The van der Waals surface area contributed by atoms with Gasteiger partial charge in [-0.25, -0.2) is 0 Å². The number of allylic oxidation sites excluding steroid dienone is 2. The zero-order valence-electron chi connectivity index (χ0n) is 17.0. The minimum Gasteiger partial charge on any atom is -0.326 e. The molecule has 1 aromatic rings. The Hall–Kier alpha value is -1.85. The van der Waals surface area contributed by atoms with Crippen molar-refractivity contribution in [2.45, 2.75) is 38.1 Å². The van der Waals surface area contributed by atoms with Crippen molar-refractivity contribution in [3.05, 3.63) is 40.4 Å². The Kier molecular flexibility index (Phi) is 4.52. The van der Waals surface area contributed by atoms with E-state index in [4.69, 9.17) is 23.2 Å². The molecule has 0 aromatic heterocycles. The van der Waals surface area contributed by atoms with E-state index in [0.717, 1.165) is 0 Å². The van der Waals surface area contributed by atoms with Crippen molar-refractivity contribution < 1.29 is 14.4 Å². The summed E-state index contributed by atoms with van der Waals surface area (Å²) in [5.74, 6) is 1.39. The molecular weight excluding hydrogens is 435 g/mol. The molecule has 3 saturated carbocycles. The molecule has 31 heavy (non-hydrogen) atoms. The van der Waals surface area contributed by atoms with Gasteiger partial charge in [-0.3, -0.25) is 19.3 Å². The van der Waals surface area contributed by atoms with Gasteiger partial charge in [-0.15, -0.1) is 0 Å². The topological polar surface area (TPSA) is 66.5 Å². The van der Waals surface area contributed by atoms with Crippen LogP contribution in [0.25, 0.3) is 0 Å². The van der Waals surface area contributed by atoms with E-state index in [1.807, 2.05) is 0 Å². The van der Waals surface area contributed by atoms with Gasteiger partial charge in [0.1, 0.15) is 0 Å². The average molecular weight is 459 g/mol. The van der Waals surface area contributed by atoms with Crippen molar-refractivity contribution in [2.24, 2.45) is 41.4 Å². The SMILES string of the molecule is O=C(Nc1ccc(Cl)c(Cl)c1)C1CCC(N2C(=O)[C@@H]3[C@H]4C=C[C@@H]([C@@H]5C[C@H]45)[C@H]3C2=O)CC1. The maximum absolute atomic E-state index is 13.3. The molecule has 1 aromatic carbocycles. The van der Waals surface area contributed by atoms with Crippen LogP contribution in [0.5, 0.6) is 0 Å². The summed E-state index contributed by atoms with van der Waals surface area (Å²) in [6.07, 6.45) is 8.30. The van der Waals surface area contributed by atoms with E-state index >= 15 is 0 Å². The number of halogens is 2. The van der Waals surface area contributed by atoms with E-state index in [-0.39, 0.29) is 53.4 Å². The van der Waals surface area contributed by atoms with Gasteiger partial charge in [-0.05, 0) is 74.0 Å². The number of hydrogen-bond acceptors (Lipinski definition) is 3. The number of nitrogens with one attached hydrogen (secondary N) is 1. The number of anilines is 1. The molecule has 0 radical (unpaired) electrons. The fourth-order valence-electron chi connectivity index (χ4n) is 6.75. The van der Waals surface area contributed by atoms with Crippen LogP contribution in [0.15, 0.2) is 30.4 Å². The molecule has 6 atom stereocenters. The Labute approximate surface area is 191 Å². The summed E-state index contributed by atoms with van der Waals surface area (Å²) in [5, 5.41) is 3.76. The number of hydrogen-bond donors (Lipinski definition) is 1. The number of carbonyl (C=O) groups excluding carboxylic acids is 3. The molecule has 7 heteroatoms. The van der Waals surface area contributed by atoms with Gasteiger partial charge in [-0.2, -0.15) is 0 Å². The third kappa shape index (κ3) is 3.00. The maximum Gasteiger partial charge on any atom is 0.233 e. The van der Waals surface area contributed by atoms with Crippen molar-refractivity contribution in [2.75, 3.05) is 5.32 Å². The van der Waals surface area contributed by atoms with E-state index in [9.17, 15) is 14.4 Å². The van der Waals surface area contributed by atoms with Crippen LogP contribution < -0.4 is 5.32 Å². The highest BCUT2D eigenvalue weighted by atomic mass is 35.5. The lowest BCUT2D eigenvalue weighted by molar-refractivity contribution is -0.144. The predicted octanol–water partition coefficient (Wildman–Crippen LogP) is 4.54. The van der Waals surface area contributed by atoms with E-state index in [1.165, 1.54) is 6.42 Å². The van der Waals surface area contributed by atoms with Crippen LogP contribution in [-0.2, 0) is 14.4 Å². The molecule has 5 aliphatic carbocycles. The molecule has 1 saturated heterocycles. The third-order valence-electron chi connectivity index (χ3n) is 8.32. The first-order valence-corrected chi connectivity index (χ1v) is 12.0. The fraction of sp³-hybridized carbons (Fsp3) is 0.542. The summed E-state index contributed by atoms with van der Waals surface area (Å²) in [4.78, 5) is 40.9. The zero-order valence-corrected chi connectivity index (χ0v) is 18.5. The summed E-state index contributed by atoms with van der Waals surface area (Å²) < 4.78 is 0. The Balaban J connectivity index is 1.11. The Morgan fingerprint density at radius 3 is 2.10 bits per heavy atom. The van der Waals surface area contributed by atoms with E-state index in [1.54, 1.807) is 23.1 Å². The smallest absolute Gasteiger partial charge is 0.233 e. The molecule has 1 N–H and O–H groups in total. The lowest BCUT2D eigenvalue weighted by atomic mass is 9.63. The summed E-state index contributed by atoms with van der Waals surface area (Å²) >= 11 is 12.0. The normalized spacial score (nSPS) is 40.0. The molecule has 6 aliphatic rings. The van der Waals surface area contributed by atoms with Crippen molar-refractivity contribution in [3.63, 3.8) is 0 Å². The van der Waals surface area contributed by atoms with Gasteiger partial charge in [0, 0.05) is 17.6 Å². The highest BCUT2D eigenvalue weighted by molar-refractivity contribution is 6.42. The monoisotopic (exact) mass is 458 g/mol. The van der Waals surface area contributed by atoms with E-state index in [0.29, 0.717) is 53.3 Å². The van der Waals surface area contributed by atoms with Gasteiger partial charge < -0.3 is 5.32 Å². The molecule has 2 bridgehead atoms. The van der Waals surface area contributed by atoms with Crippen LogP contribution in [-0.4, -0.2) is 28.7 Å². The van der Waals surface area contributed by atoms with Crippen LogP contribution in [0.2, 0.25) is 10.0 Å². The fourth-order valence-corrected chi connectivity index (χ4v) is 7.05. The molecule has 1 aliphatic heterocycles. The number of rotatable bonds is 3. The first-order valence-electron chi connectivity index (χ1n) is 11.2. The molecule has 162 valence electrons. The summed E-state index contributed by atoms with van der Waals surface area (Å²) in [5.41, 5.74) is 0.622. The highest BCUT2D eigenvalue weighted by Crippen LogP contribution is 2.65. The highest BCUT2D eigenvalue weighted by Gasteiger charge is 2.67. The molecule has 1 heterocycles. The van der Waals surface area contributed by atoms with Crippen molar-refractivity contribution >= 4 is 46.6 Å². The van der Waals surface area contributed by atoms with E-state index in [2.05, 4.69) is 17.5 Å². The van der Waals surface area contributed by atoms with Crippen molar-refractivity contribution in [1.82, 2.24) is 4.90 Å². The Morgan fingerprint density at radius 2 is 1.52 bits per heavy atom. The number of amides is 3. The second-order valence-electron chi connectivity index (χ2n) is 9.82. The second-order valence-corrected chi connectivity index (χ2v) is 10.6. The third-order valence-corrected chi connectivity index (χ3v) is 9.06. The molecule has 0 unspecified atom stereocenters. The Morgan fingerprint density at radius 1 is 0.903 bits per heavy atom. The van der Waals surface area contributed by atoms with Gasteiger partial charge in [0.25, 0.3) is 0 Å². The number of imide groups is 1.